The summed E-state index contributed by atoms with van der Waals surface area (Å²) in [5, 5.41) is 0. The van der Waals surface area contributed by atoms with Crippen molar-refractivity contribution in [2.45, 2.75) is 63.3 Å². The molecule has 6 aromatic rings. The van der Waals surface area contributed by atoms with Gasteiger partial charge in [-0.1, -0.05) is 71.2 Å². The predicted octanol–water partition coefficient (Wildman–Crippen LogP) is 11.6. The van der Waals surface area contributed by atoms with Crippen molar-refractivity contribution in [2.24, 2.45) is 0 Å². The Hall–Kier alpha value is -5.27. The van der Waals surface area contributed by atoms with Crippen molar-refractivity contribution in [1.82, 2.24) is 0 Å². The molecule has 0 N–H and O–H groups in total. The molecule has 6 rings (SSSR count). The van der Waals surface area contributed by atoms with E-state index in [2.05, 4.69) is 0 Å². The number of hydrogen-bond donors (Lipinski definition) is 0. The van der Waals surface area contributed by atoms with Crippen LogP contribution in [0.3, 0.4) is 0 Å². The first-order valence-electron chi connectivity index (χ1n) is 19.5. The molecule has 0 unspecified atom stereocenters. The zero-order valence-corrected chi connectivity index (χ0v) is 39.7. The third-order valence-corrected chi connectivity index (χ3v) is 16.6. The van der Waals surface area contributed by atoms with E-state index in [1.165, 1.54) is 5.77 Å². The van der Waals surface area contributed by atoms with Gasteiger partial charge in [-0.15, -0.1) is 0 Å². The van der Waals surface area contributed by atoms with E-state index in [0.29, 0.717) is 0 Å². The van der Waals surface area contributed by atoms with Gasteiger partial charge in [0.1, 0.15) is 6.15 Å². The smallest absolute Gasteiger partial charge is 0.294 e. The Bertz CT molecular complexity index is 2570. The normalized spacial score (nSPS) is 13.4. The fourth-order valence-corrected chi connectivity index (χ4v) is 13.4. The largest absolute Gasteiger partial charge is 0.416 e. The highest BCUT2D eigenvalue weighted by Gasteiger charge is 2.47. The van der Waals surface area contributed by atoms with Gasteiger partial charge in [0, 0.05) is 12.1 Å². The average Bonchev–Trinajstić information content (AvgIpc) is 3.92. The molecule has 2 aromatic heterocycles. The van der Waals surface area contributed by atoms with Crippen LogP contribution in [0.15, 0.2) is 97.1 Å². The van der Waals surface area contributed by atoms with Crippen molar-refractivity contribution in [3.05, 3.63) is 157 Å². The summed E-state index contributed by atoms with van der Waals surface area (Å²) in [6.45, 7) is 3.18. The molecular formula is C44H22BF24IO2S2. The lowest BCUT2D eigenvalue weighted by atomic mass is 9.12. The van der Waals surface area contributed by atoms with Gasteiger partial charge in [-0.3, -0.25) is 9.59 Å². The molecule has 0 aliphatic carbocycles. The Morgan fingerprint density at radius 3 is 0.635 bits per heavy atom. The summed E-state index contributed by atoms with van der Waals surface area (Å²) < 4.78 is 343. The summed E-state index contributed by atoms with van der Waals surface area (Å²) in [5.41, 5.74) is -30.2. The summed E-state index contributed by atoms with van der Waals surface area (Å²) in [7, 11) is 0. The van der Waals surface area contributed by atoms with E-state index in [1.807, 2.05) is 24.3 Å². The maximum atomic E-state index is 14.2. The number of halogens is 25. The molecule has 0 fully saturated rings. The molecule has 30 heteroatoms. The van der Waals surface area contributed by atoms with Crippen LogP contribution in [0.4, 0.5) is 105 Å². The predicted molar refractivity (Wildman–Crippen MR) is 216 cm³/mol. The van der Waals surface area contributed by atoms with Crippen molar-refractivity contribution in [2.75, 3.05) is 0 Å². The molecule has 4 aromatic carbocycles. The minimum absolute atomic E-state index is 0.126. The van der Waals surface area contributed by atoms with Crippen LogP contribution in [0, 0.1) is 5.77 Å². The molecule has 0 amide bonds. The van der Waals surface area contributed by atoms with Crippen LogP contribution in [-0.2, 0) is 49.4 Å². The van der Waals surface area contributed by atoms with Crippen LogP contribution < -0.4 is 43.1 Å². The quantitative estimate of drug-likeness (QED) is 0.0659. The maximum absolute atomic E-state index is 14.2. The summed E-state index contributed by atoms with van der Waals surface area (Å²) in [5.74, 6) is 0.252. The summed E-state index contributed by atoms with van der Waals surface area (Å²) in [6.07, 6.45) is -54.8. The van der Waals surface area contributed by atoms with Gasteiger partial charge >= 0.3 is 70.6 Å². The number of thiophene rings is 2. The zero-order valence-electron chi connectivity index (χ0n) is 35.9. The average molecular weight is 1240 g/mol. The highest BCUT2D eigenvalue weighted by molar-refractivity contribution is 7.20. The number of alkyl halides is 24. The number of Topliss-reactive ketones (excluding diaryl/α,β-unsaturated/α-hetero) is 2. The second kappa shape index (κ2) is 20.4. The standard InChI is InChI=1S/C32H12BF24.C12H10IO2S2/c34-25(35,36)13-1-14(26(37,38)39)6-21(5-13)33(22-7-15(27(40,41)42)2-16(8-22)28(43,44)45,23-9-17(29(46,47)48)3-18(10-23)30(49,50)51)24-11-19(31(52,53)54)4-20(12-24)32(55,56)57;1-7(14)9-3-5-11(16-9)13-12-6-4-10(17-12)8(2)15/h1-12H;3-6H,1-2H3/q-1;+1. The van der Waals surface area contributed by atoms with Crippen molar-refractivity contribution in [1.29, 1.82) is 0 Å². The topological polar surface area (TPSA) is 34.1 Å². The monoisotopic (exact) mass is 1240 g/mol. The van der Waals surface area contributed by atoms with Gasteiger partial charge in [0.05, 0.1) is 54.3 Å². The van der Waals surface area contributed by atoms with Gasteiger partial charge in [-0.2, -0.15) is 127 Å². The molecule has 0 aliphatic rings. The minimum Gasteiger partial charge on any atom is -0.294 e. The number of carbonyl (C=O) groups excluding carboxylic acids is 2. The first-order valence-corrected chi connectivity index (χ1v) is 23.3. The van der Waals surface area contributed by atoms with Crippen molar-refractivity contribution in [3.8, 4) is 0 Å². The lowest BCUT2D eigenvalue weighted by molar-refractivity contribution is -0.585. The molecule has 2 heterocycles. The van der Waals surface area contributed by atoms with Crippen molar-refractivity contribution < 1.29 is 136 Å². The van der Waals surface area contributed by atoms with Crippen molar-refractivity contribution >= 4 is 62.2 Å². The fourth-order valence-electron chi connectivity index (χ4n) is 7.27. The van der Waals surface area contributed by atoms with E-state index >= 15 is 0 Å². The SMILES string of the molecule is CC(=O)c1ccc([I+]c2ccc(C(C)=O)s2)s1.FC(F)(F)c1cc([B-](c2cc(C(F)(F)F)cc(C(F)(F)F)c2)(c2cc(C(F)(F)F)cc(C(F)(F)F)c2)c2cc(C(F)(F)F)cc(C(F)(F)F)c2)cc(C(F)(F)F)c1. The Kier molecular flexibility index (Phi) is 16.4. The molecular weight excluding hydrogens is 1220 g/mol. The van der Waals surface area contributed by atoms with Gasteiger partial charge in [-0.25, -0.2) is 0 Å². The number of hydrogen-bond acceptors (Lipinski definition) is 4. The first-order chi connectivity index (χ1) is 33.3. The van der Waals surface area contributed by atoms with E-state index in [4.69, 9.17) is 0 Å². The Morgan fingerprint density at radius 2 is 0.500 bits per heavy atom. The van der Waals surface area contributed by atoms with Gasteiger partial charge in [0.25, 0.3) is 0 Å². The third kappa shape index (κ3) is 13.8. The van der Waals surface area contributed by atoms with Gasteiger partial charge in [0.2, 0.25) is 5.77 Å². The van der Waals surface area contributed by atoms with E-state index in [9.17, 15) is 115 Å². The second-order valence-corrected chi connectivity index (χ2v) is 22.1. The molecule has 74 heavy (non-hydrogen) atoms. The second-order valence-electron chi connectivity index (χ2n) is 15.6. The molecule has 400 valence electrons. The van der Waals surface area contributed by atoms with E-state index in [0.717, 1.165) is 9.75 Å². The minimum atomic E-state index is -6.13. The van der Waals surface area contributed by atoms with Gasteiger partial charge in [0.15, 0.2) is 11.6 Å². The molecule has 0 spiro atoms. The van der Waals surface area contributed by atoms with Crippen LogP contribution in [0.25, 0.3) is 0 Å². The molecule has 0 atom stereocenters. The Balaban J connectivity index is 0.000000500. The van der Waals surface area contributed by atoms with Crippen LogP contribution in [0.1, 0.15) is 77.7 Å². The maximum Gasteiger partial charge on any atom is 0.416 e. The van der Waals surface area contributed by atoms with Crippen LogP contribution in [0.5, 0.6) is 0 Å². The summed E-state index contributed by atoms with van der Waals surface area (Å²) in [6, 6.07) is -0.970. The zero-order chi connectivity index (χ0) is 56.3. The molecule has 2 nitrogen and oxygen atoms in total. The Labute approximate surface area is 417 Å². The number of ketones is 2. The molecule has 0 bridgehead atoms. The van der Waals surface area contributed by atoms with Crippen molar-refractivity contribution in [3.63, 3.8) is 0 Å². The lowest BCUT2D eigenvalue weighted by Crippen LogP contribution is -3.61. The number of carbonyl (C=O) groups is 2. The molecule has 0 radical (unpaired) electrons. The van der Waals surface area contributed by atoms with Crippen LogP contribution in [0.2, 0.25) is 0 Å². The van der Waals surface area contributed by atoms with E-state index in [-0.39, 0.29) is 32.8 Å². The molecule has 0 saturated carbocycles. The highest BCUT2D eigenvalue weighted by Crippen LogP contribution is 2.41. The van der Waals surface area contributed by atoms with E-state index in [1.54, 1.807) is 36.5 Å². The fraction of sp³-hybridized carbons (Fsp3) is 0.227. The first kappa shape index (κ1) is 59.6. The van der Waals surface area contributed by atoms with E-state index < -0.39 is 195 Å². The highest BCUT2D eigenvalue weighted by atomic mass is 127. The summed E-state index contributed by atoms with van der Waals surface area (Å²) in [4.78, 5) is 24.0. The number of rotatable bonds is 8. The van der Waals surface area contributed by atoms with Crippen LogP contribution >= 0.6 is 22.7 Å². The Morgan fingerprint density at radius 1 is 0.324 bits per heavy atom. The van der Waals surface area contributed by atoms with Gasteiger partial charge < -0.3 is 0 Å². The van der Waals surface area contributed by atoms with Crippen LogP contribution in [-0.4, -0.2) is 17.7 Å². The lowest BCUT2D eigenvalue weighted by Gasteiger charge is -2.46. The molecule has 0 aliphatic heterocycles. The summed E-state index contributed by atoms with van der Waals surface area (Å²) >= 11 is 2.90. The number of benzene rings is 4. The third-order valence-electron chi connectivity index (χ3n) is 10.5. The molecule has 0 saturated heterocycles. The van der Waals surface area contributed by atoms with Gasteiger partial charge in [-0.05, 0) is 50.2 Å².